The van der Waals surface area contributed by atoms with Gasteiger partial charge in [0.1, 0.15) is 0 Å². The molecule has 0 amide bonds. The van der Waals surface area contributed by atoms with E-state index in [1.54, 1.807) is 0 Å². The van der Waals surface area contributed by atoms with E-state index in [0.29, 0.717) is 0 Å². The van der Waals surface area contributed by atoms with Gasteiger partial charge in [0, 0.05) is 5.41 Å². The highest BCUT2D eigenvalue weighted by Gasteiger charge is 2.46. The molecule has 0 saturated carbocycles. The molecule has 0 saturated heterocycles. The molecule has 2 aromatic rings. The topological polar surface area (TPSA) is 0 Å². The van der Waals surface area contributed by atoms with Gasteiger partial charge in [-0.25, -0.2) is 0 Å². The Kier molecular flexibility index (Phi) is 3.77. The number of hydrogen-bond donors (Lipinski definition) is 0. The summed E-state index contributed by atoms with van der Waals surface area (Å²) in [7, 11) is 0. The Morgan fingerprint density at radius 3 is 1.40 bits per heavy atom. The summed E-state index contributed by atoms with van der Waals surface area (Å²) in [5.41, 5.74) is 6.06. The van der Waals surface area contributed by atoms with Crippen molar-refractivity contribution in [3.63, 3.8) is 0 Å². The van der Waals surface area contributed by atoms with Gasteiger partial charge in [0.15, 0.2) is 0 Å². The van der Waals surface area contributed by atoms with Crippen LogP contribution in [0.2, 0.25) is 0 Å². The van der Waals surface area contributed by atoms with Crippen LogP contribution in [0.3, 0.4) is 0 Å². The zero-order valence-electron chi connectivity index (χ0n) is 13.6. The van der Waals surface area contributed by atoms with E-state index in [4.69, 9.17) is 0 Å². The third-order valence-corrected chi connectivity index (χ3v) is 4.72. The Hall–Kier alpha value is -1.56. The Labute approximate surface area is 123 Å². The highest BCUT2D eigenvalue weighted by atomic mass is 14.5. The van der Waals surface area contributed by atoms with Crippen LogP contribution in [0.5, 0.6) is 0 Å². The lowest BCUT2D eigenvalue weighted by Gasteiger charge is -2.40. The van der Waals surface area contributed by atoms with Crippen molar-refractivity contribution in [3.05, 3.63) is 59.7 Å². The summed E-state index contributed by atoms with van der Waals surface area (Å²) in [4.78, 5) is 0. The molecule has 1 aliphatic carbocycles. The number of benzene rings is 2. The van der Waals surface area contributed by atoms with Gasteiger partial charge >= 0.3 is 0 Å². The van der Waals surface area contributed by atoms with Crippen molar-refractivity contribution in [2.75, 3.05) is 0 Å². The molecule has 0 heteroatoms. The minimum Gasteiger partial charge on any atom is -0.0683 e. The maximum Gasteiger partial charge on any atom is 0.0235 e. The number of rotatable bonds is 0. The molecule has 1 aliphatic rings. The van der Waals surface area contributed by atoms with Crippen LogP contribution < -0.4 is 0 Å². The van der Waals surface area contributed by atoms with Crippen LogP contribution in [-0.4, -0.2) is 0 Å². The van der Waals surface area contributed by atoms with E-state index in [-0.39, 0.29) is 10.8 Å². The van der Waals surface area contributed by atoms with Crippen molar-refractivity contribution < 1.29 is 0 Å². The van der Waals surface area contributed by atoms with E-state index in [9.17, 15) is 0 Å². The summed E-state index contributed by atoms with van der Waals surface area (Å²) in [5.74, 6) is 0. The maximum atomic E-state index is 2.39. The molecule has 0 unspecified atom stereocenters. The van der Waals surface area contributed by atoms with Crippen LogP contribution in [0, 0.1) is 5.41 Å². The summed E-state index contributed by atoms with van der Waals surface area (Å²) in [6.45, 7) is 13.4. The van der Waals surface area contributed by atoms with E-state index < -0.39 is 0 Å². The number of hydrogen-bond acceptors (Lipinski definition) is 0. The normalized spacial score (nSPS) is 14.9. The molecule has 106 valence electrons. The largest absolute Gasteiger partial charge is 0.0683 e. The van der Waals surface area contributed by atoms with Crippen LogP contribution in [0.4, 0.5) is 0 Å². The maximum absolute atomic E-state index is 2.39. The monoisotopic (exact) mass is 266 g/mol. The SMILES string of the molecule is CC.CC(C)(C)C1(C)c2ccccc2-c2ccccc21. The second-order valence-corrected chi connectivity index (χ2v) is 6.47. The third kappa shape index (κ3) is 1.90. The molecule has 0 atom stereocenters. The highest BCUT2D eigenvalue weighted by molar-refractivity contribution is 5.81. The first-order valence-corrected chi connectivity index (χ1v) is 7.65. The molecular formula is C20H26. The summed E-state index contributed by atoms with van der Waals surface area (Å²) in [5, 5.41) is 0. The van der Waals surface area contributed by atoms with Crippen LogP contribution in [0.1, 0.15) is 52.7 Å². The summed E-state index contributed by atoms with van der Waals surface area (Å²) >= 11 is 0. The summed E-state index contributed by atoms with van der Waals surface area (Å²) < 4.78 is 0. The predicted molar refractivity (Wildman–Crippen MR) is 89.1 cm³/mol. The molecule has 0 nitrogen and oxygen atoms in total. The predicted octanol–water partition coefficient (Wildman–Crippen LogP) is 6.05. The molecule has 0 fully saturated rings. The average Bonchev–Trinajstić information content (AvgIpc) is 2.73. The van der Waals surface area contributed by atoms with E-state index >= 15 is 0 Å². The van der Waals surface area contributed by atoms with Crippen molar-refractivity contribution in [2.45, 2.75) is 47.0 Å². The van der Waals surface area contributed by atoms with Crippen molar-refractivity contribution in [1.29, 1.82) is 0 Å². The van der Waals surface area contributed by atoms with Gasteiger partial charge in [0.25, 0.3) is 0 Å². The lowest BCUT2D eigenvalue weighted by molar-refractivity contribution is 0.255. The quantitative estimate of drug-likeness (QED) is 0.545. The first kappa shape index (κ1) is 14.8. The molecule has 0 aliphatic heterocycles. The van der Waals surface area contributed by atoms with Crippen LogP contribution in [0.25, 0.3) is 11.1 Å². The van der Waals surface area contributed by atoms with Gasteiger partial charge in [-0.05, 0) is 27.7 Å². The molecule has 2 aromatic carbocycles. The first-order chi connectivity index (χ1) is 9.46. The van der Waals surface area contributed by atoms with Gasteiger partial charge in [0.2, 0.25) is 0 Å². The molecule has 0 heterocycles. The van der Waals surface area contributed by atoms with E-state index in [1.165, 1.54) is 22.3 Å². The minimum atomic E-state index is 0.0974. The fourth-order valence-corrected chi connectivity index (χ4v) is 3.26. The fraction of sp³-hybridized carbons (Fsp3) is 0.400. The molecule has 20 heavy (non-hydrogen) atoms. The first-order valence-electron chi connectivity index (χ1n) is 7.65. The number of fused-ring (bicyclic) bond motifs is 3. The highest BCUT2D eigenvalue weighted by Crippen LogP contribution is 2.56. The zero-order valence-corrected chi connectivity index (χ0v) is 13.6. The van der Waals surface area contributed by atoms with Gasteiger partial charge < -0.3 is 0 Å². The van der Waals surface area contributed by atoms with Gasteiger partial charge in [-0.1, -0.05) is 90.1 Å². The molecule has 3 rings (SSSR count). The van der Waals surface area contributed by atoms with Crippen molar-refractivity contribution >= 4 is 0 Å². The molecule has 0 N–H and O–H groups in total. The molecule has 0 bridgehead atoms. The molecule has 0 radical (unpaired) electrons. The van der Waals surface area contributed by atoms with E-state index in [0.717, 1.165) is 0 Å². The standard InChI is InChI=1S/C18H20.C2H6/c1-17(2,3)18(4)15-11-7-5-9-13(15)14-10-6-8-12-16(14)18;1-2/h5-12H,1-4H3;1-2H3. The van der Waals surface area contributed by atoms with Gasteiger partial charge in [0.05, 0.1) is 0 Å². The van der Waals surface area contributed by atoms with Crippen molar-refractivity contribution in [3.8, 4) is 11.1 Å². The Balaban J connectivity index is 0.000000704. The third-order valence-electron chi connectivity index (χ3n) is 4.72. The molecule has 0 aromatic heterocycles. The second-order valence-electron chi connectivity index (χ2n) is 6.47. The van der Waals surface area contributed by atoms with E-state index in [1.807, 2.05) is 13.8 Å². The van der Waals surface area contributed by atoms with Gasteiger partial charge in [-0.15, -0.1) is 0 Å². The summed E-state index contributed by atoms with van der Waals surface area (Å²) in [6.07, 6.45) is 0. The lowest BCUT2D eigenvalue weighted by atomic mass is 9.62. The smallest absolute Gasteiger partial charge is 0.0235 e. The zero-order chi connectivity index (χ0) is 15.0. The fourth-order valence-electron chi connectivity index (χ4n) is 3.26. The average molecular weight is 266 g/mol. The van der Waals surface area contributed by atoms with Crippen molar-refractivity contribution in [2.24, 2.45) is 5.41 Å². The van der Waals surface area contributed by atoms with Gasteiger partial charge in [-0.3, -0.25) is 0 Å². The Bertz CT molecular complexity index is 554. The van der Waals surface area contributed by atoms with Gasteiger partial charge in [-0.2, -0.15) is 0 Å². The Morgan fingerprint density at radius 2 is 1.05 bits per heavy atom. The Morgan fingerprint density at radius 1 is 0.700 bits per heavy atom. The van der Waals surface area contributed by atoms with Crippen LogP contribution in [-0.2, 0) is 5.41 Å². The van der Waals surface area contributed by atoms with Crippen LogP contribution >= 0.6 is 0 Å². The molecule has 0 spiro atoms. The lowest BCUT2D eigenvalue weighted by Crippen LogP contribution is -2.36. The van der Waals surface area contributed by atoms with E-state index in [2.05, 4.69) is 76.2 Å². The second kappa shape index (κ2) is 5.09. The minimum absolute atomic E-state index is 0.0974. The molecular weight excluding hydrogens is 240 g/mol. The van der Waals surface area contributed by atoms with Crippen molar-refractivity contribution in [1.82, 2.24) is 0 Å². The summed E-state index contributed by atoms with van der Waals surface area (Å²) in [6, 6.07) is 17.7. The van der Waals surface area contributed by atoms with Crippen LogP contribution in [0.15, 0.2) is 48.5 Å².